The number of halogens is 1. The van der Waals surface area contributed by atoms with Crippen molar-refractivity contribution in [2.45, 2.75) is 40.0 Å². The van der Waals surface area contributed by atoms with E-state index in [1.54, 1.807) is 4.52 Å². The first kappa shape index (κ1) is 11.3. The van der Waals surface area contributed by atoms with Crippen LogP contribution in [0.3, 0.4) is 0 Å². The maximum Gasteiger partial charge on any atom is 0.181 e. The van der Waals surface area contributed by atoms with E-state index in [0.717, 1.165) is 22.6 Å². The maximum absolute atomic E-state index is 6.08. The van der Waals surface area contributed by atoms with E-state index >= 15 is 0 Å². The minimum atomic E-state index is -0.0998. The normalized spacial score (nSPS) is 12.4. The number of hydrogen-bond donors (Lipinski definition) is 0. The Hall–Kier alpha value is -1.16. The molecule has 0 aliphatic heterocycles. The number of hydrogen-bond acceptors (Lipinski definition) is 3. The largest absolute Gasteiger partial charge is 0.195 e. The molecule has 0 aromatic carbocycles. The van der Waals surface area contributed by atoms with Crippen molar-refractivity contribution in [3.63, 3.8) is 0 Å². The SMILES string of the molecule is Cc1c(Cl)nn2c(C(C)(C)C)nnc2c1C. The molecule has 0 atom stereocenters. The van der Waals surface area contributed by atoms with Crippen LogP contribution in [0, 0.1) is 13.8 Å². The quantitative estimate of drug-likeness (QED) is 0.709. The van der Waals surface area contributed by atoms with Gasteiger partial charge in [0.1, 0.15) is 0 Å². The van der Waals surface area contributed by atoms with E-state index in [4.69, 9.17) is 11.6 Å². The lowest BCUT2D eigenvalue weighted by Crippen LogP contribution is -2.17. The summed E-state index contributed by atoms with van der Waals surface area (Å²) in [6.07, 6.45) is 0. The second-order valence-corrected chi connectivity index (χ2v) is 5.41. The summed E-state index contributed by atoms with van der Waals surface area (Å²) >= 11 is 6.08. The lowest BCUT2D eigenvalue weighted by molar-refractivity contribution is 0.526. The summed E-state index contributed by atoms with van der Waals surface area (Å²) in [7, 11) is 0. The van der Waals surface area contributed by atoms with E-state index in [1.165, 1.54) is 0 Å². The van der Waals surface area contributed by atoms with Crippen molar-refractivity contribution in [3.05, 3.63) is 22.1 Å². The van der Waals surface area contributed by atoms with Gasteiger partial charge in [0.25, 0.3) is 0 Å². The Morgan fingerprint density at radius 3 is 2.25 bits per heavy atom. The molecule has 16 heavy (non-hydrogen) atoms. The average molecular weight is 239 g/mol. The molecule has 0 unspecified atom stereocenters. The number of nitrogens with zero attached hydrogens (tertiary/aromatic N) is 4. The van der Waals surface area contributed by atoms with Gasteiger partial charge >= 0.3 is 0 Å². The first-order valence-electron chi connectivity index (χ1n) is 5.21. The molecular weight excluding hydrogens is 224 g/mol. The van der Waals surface area contributed by atoms with Gasteiger partial charge in [-0.2, -0.15) is 9.61 Å². The third kappa shape index (κ3) is 1.57. The molecule has 4 nitrogen and oxygen atoms in total. The van der Waals surface area contributed by atoms with Crippen LogP contribution in [0.5, 0.6) is 0 Å². The fourth-order valence-corrected chi connectivity index (χ4v) is 1.78. The van der Waals surface area contributed by atoms with Crippen LogP contribution in [0.1, 0.15) is 37.7 Å². The summed E-state index contributed by atoms with van der Waals surface area (Å²) in [5, 5.41) is 13.2. The van der Waals surface area contributed by atoms with E-state index in [0.29, 0.717) is 5.15 Å². The van der Waals surface area contributed by atoms with Crippen LogP contribution >= 0.6 is 11.6 Å². The topological polar surface area (TPSA) is 43.1 Å². The fourth-order valence-electron chi connectivity index (χ4n) is 1.56. The zero-order valence-corrected chi connectivity index (χ0v) is 10.9. The Bertz CT molecular complexity index is 551. The molecule has 2 aromatic heterocycles. The Balaban J connectivity index is 2.84. The molecule has 0 N–H and O–H groups in total. The second-order valence-electron chi connectivity index (χ2n) is 5.05. The Labute approximate surface area is 99.6 Å². The summed E-state index contributed by atoms with van der Waals surface area (Å²) in [5.41, 5.74) is 2.68. The molecule has 0 bridgehead atoms. The summed E-state index contributed by atoms with van der Waals surface area (Å²) in [5.74, 6) is 0.826. The molecule has 0 spiro atoms. The molecule has 0 radical (unpaired) electrons. The summed E-state index contributed by atoms with van der Waals surface area (Å²) < 4.78 is 1.74. The van der Waals surface area contributed by atoms with Crippen molar-refractivity contribution >= 4 is 17.2 Å². The summed E-state index contributed by atoms with van der Waals surface area (Å²) in [6, 6.07) is 0. The fraction of sp³-hybridized carbons (Fsp3) is 0.545. The minimum Gasteiger partial charge on any atom is -0.195 e. The van der Waals surface area contributed by atoms with E-state index in [2.05, 4.69) is 36.1 Å². The molecule has 0 saturated heterocycles. The predicted molar refractivity (Wildman–Crippen MR) is 64.0 cm³/mol. The molecule has 0 saturated carbocycles. The van der Waals surface area contributed by atoms with Gasteiger partial charge in [-0.05, 0) is 19.4 Å². The first-order valence-corrected chi connectivity index (χ1v) is 5.58. The molecule has 2 heterocycles. The molecule has 0 aliphatic carbocycles. The number of aromatic nitrogens is 4. The first-order chi connectivity index (χ1) is 7.32. The van der Waals surface area contributed by atoms with Gasteiger partial charge in [0.2, 0.25) is 0 Å². The monoisotopic (exact) mass is 238 g/mol. The average Bonchev–Trinajstić information content (AvgIpc) is 2.57. The Kier molecular flexibility index (Phi) is 2.42. The van der Waals surface area contributed by atoms with Gasteiger partial charge in [-0.1, -0.05) is 32.4 Å². The highest BCUT2D eigenvalue weighted by molar-refractivity contribution is 6.30. The smallest absolute Gasteiger partial charge is 0.181 e. The van der Waals surface area contributed by atoms with E-state index < -0.39 is 0 Å². The van der Waals surface area contributed by atoms with Crippen molar-refractivity contribution in [3.8, 4) is 0 Å². The minimum absolute atomic E-state index is 0.0998. The lowest BCUT2D eigenvalue weighted by Gasteiger charge is -2.15. The molecule has 0 amide bonds. The second kappa shape index (κ2) is 3.42. The highest BCUT2D eigenvalue weighted by Gasteiger charge is 2.23. The van der Waals surface area contributed by atoms with Gasteiger partial charge < -0.3 is 0 Å². The van der Waals surface area contributed by atoms with Gasteiger partial charge in [0, 0.05) is 11.0 Å². The molecule has 2 aromatic rings. The maximum atomic E-state index is 6.08. The van der Waals surface area contributed by atoms with Gasteiger partial charge in [-0.3, -0.25) is 0 Å². The molecule has 2 rings (SSSR count). The number of rotatable bonds is 0. The van der Waals surface area contributed by atoms with Crippen LogP contribution in [-0.2, 0) is 5.41 Å². The molecule has 5 heteroatoms. The molecule has 86 valence electrons. The van der Waals surface area contributed by atoms with Crippen LogP contribution in [0.15, 0.2) is 0 Å². The van der Waals surface area contributed by atoms with Crippen LogP contribution in [-0.4, -0.2) is 19.8 Å². The third-order valence-corrected chi connectivity index (χ3v) is 3.07. The van der Waals surface area contributed by atoms with Gasteiger partial charge in [-0.15, -0.1) is 10.2 Å². The van der Waals surface area contributed by atoms with Gasteiger partial charge in [0.15, 0.2) is 16.6 Å². The number of aryl methyl sites for hydroxylation is 1. The van der Waals surface area contributed by atoms with Crippen LogP contribution in [0.4, 0.5) is 0 Å². The Morgan fingerprint density at radius 2 is 1.69 bits per heavy atom. The van der Waals surface area contributed by atoms with Crippen molar-refractivity contribution in [2.24, 2.45) is 0 Å². The van der Waals surface area contributed by atoms with Gasteiger partial charge in [0.05, 0.1) is 0 Å². The molecule has 0 aliphatic rings. The highest BCUT2D eigenvalue weighted by atomic mass is 35.5. The Morgan fingerprint density at radius 1 is 1.06 bits per heavy atom. The van der Waals surface area contributed by atoms with E-state index in [9.17, 15) is 0 Å². The van der Waals surface area contributed by atoms with Crippen molar-refractivity contribution in [1.82, 2.24) is 19.8 Å². The van der Waals surface area contributed by atoms with Crippen molar-refractivity contribution < 1.29 is 0 Å². The highest BCUT2D eigenvalue weighted by Crippen LogP contribution is 2.24. The standard InChI is InChI=1S/C11H15ClN4/c1-6-7(2)9-13-14-10(11(3,4)5)16(9)15-8(6)12/h1-5H3. The molecular formula is C11H15ClN4. The number of fused-ring (bicyclic) bond motifs is 1. The third-order valence-electron chi connectivity index (χ3n) is 2.71. The van der Waals surface area contributed by atoms with E-state index in [1.807, 2.05) is 13.8 Å². The zero-order chi connectivity index (χ0) is 12.1. The van der Waals surface area contributed by atoms with E-state index in [-0.39, 0.29) is 5.41 Å². The lowest BCUT2D eigenvalue weighted by atomic mass is 9.96. The summed E-state index contributed by atoms with van der Waals surface area (Å²) in [6.45, 7) is 10.2. The van der Waals surface area contributed by atoms with Gasteiger partial charge in [-0.25, -0.2) is 0 Å². The van der Waals surface area contributed by atoms with Crippen LogP contribution < -0.4 is 0 Å². The van der Waals surface area contributed by atoms with Crippen molar-refractivity contribution in [1.29, 1.82) is 0 Å². The molecule has 0 fully saturated rings. The predicted octanol–water partition coefficient (Wildman–Crippen LogP) is 2.69. The zero-order valence-electron chi connectivity index (χ0n) is 10.2. The van der Waals surface area contributed by atoms with Crippen molar-refractivity contribution in [2.75, 3.05) is 0 Å². The van der Waals surface area contributed by atoms with Crippen LogP contribution in [0.2, 0.25) is 5.15 Å². The summed E-state index contributed by atoms with van der Waals surface area (Å²) in [4.78, 5) is 0. The van der Waals surface area contributed by atoms with Crippen LogP contribution in [0.25, 0.3) is 5.65 Å².